The maximum atomic E-state index is 6.28. The van der Waals surface area contributed by atoms with Gasteiger partial charge in [-0.25, -0.2) is 4.98 Å². The van der Waals surface area contributed by atoms with Crippen LogP contribution < -0.4 is 5.73 Å². The Balaban J connectivity index is 1.76. The highest BCUT2D eigenvalue weighted by Crippen LogP contribution is 2.42. The van der Waals surface area contributed by atoms with E-state index in [1.54, 1.807) is 23.7 Å². The number of rotatable bonds is 2. The van der Waals surface area contributed by atoms with Gasteiger partial charge in [0.05, 0.1) is 0 Å². The standard InChI is InChI=1S/C21H16N4S/c1-12-8-15-9-14(2-3-18(15)25-12)17-11-26-20-16(10-24-21(22)19(17)20)13-4-6-23-7-5-13/h2-11,25H,1H3,(H2,22,24). The van der Waals surface area contributed by atoms with Crippen LogP contribution in [0.25, 0.3) is 43.2 Å². The van der Waals surface area contributed by atoms with Crippen LogP contribution in [0.2, 0.25) is 0 Å². The lowest BCUT2D eigenvalue weighted by Gasteiger charge is -2.07. The van der Waals surface area contributed by atoms with E-state index in [-0.39, 0.29) is 0 Å². The van der Waals surface area contributed by atoms with Gasteiger partial charge in [0.15, 0.2) is 0 Å². The molecule has 26 heavy (non-hydrogen) atoms. The van der Waals surface area contributed by atoms with Crippen LogP contribution >= 0.6 is 11.3 Å². The molecule has 0 unspecified atom stereocenters. The summed E-state index contributed by atoms with van der Waals surface area (Å²) in [4.78, 5) is 11.9. The lowest BCUT2D eigenvalue weighted by molar-refractivity contribution is 1.30. The molecule has 5 rings (SSSR count). The number of hydrogen-bond donors (Lipinski definition) is 2. The third-order valence-corrected chi connectivity index (χ3v) is 5.70. The van der Waals surface area contributed by atoms with Gasteiger partial charge < -0.3 is 10.7 Å². The van der Waals surface area contributed by atoms with Gasteiger partial charge >= 0.3 is 0 Å². The second kappa shape index (κ2) is 5.68. The molecule has 0 bridgehead atoms. The smallest absolute Gasteiger partial charge is 0.132 e. The highest BCUT2D eigenvalue weighted by molar-refractivity contribution is 7.18. The van der Waals surface area contributed by atoms with Gasteiger partial charge in [-0.05, 0) is 53.8 Å². The van der Waals surface area contributed by atoms with Gasteiger partial charge in [-0.1, -0.05) is 6.07 Å². The van der Waals surface area contributed by atoms with E-state index in [1.807, 2.05) is 18.3 Å². The number of thiophene rings is 1. The van der Waals surface area contributed by atoms with Gasteiger partial charge in [0, 0.05) is 56.4 Å². The summed E-state index contributed by atoms with van der Waals surface area (Å²) < 4.78 is 1.16. The molecule has 4 aromatic heterocycles. The molecule has 0 saturated carbocycles. The minimum atomic E-state index is 0.569. The Kier molecular flexibility index (Phi) is 3.30. The lowest BCUT2D eigenvalue weighted by Crippen LogP contribution is -1.92. The van der Waals surface area contributed by atoms with Crippen molar-refractivity contribution in [3.05, 3.63) is 66.1 Å². The van der Waals surface area contributed by atoms with Crippen molar-refractivity contribution in [3.63, 3.8) is 0 Å². The van der Waals surface area contributed by atoms with Crippen LogP contribution in [0, 0.1) is 6.92 Å². The largest absolute Gasteiger partial charge is 0.383 e. The fourth-order valence-electron chi connectivity index (χ4n) is 3.46. The summed E-state index contributed by atoms with van der Waals surface area (Å²) in [6.07, 6.45) is 5.45. The zero-order valence-corrected chi connectivity index (χ0v) is 15.0. The first kappa shape index (κ1) is 15.1. The van der Waals surface area contributed by atoms with Gasteiger partial charge in [0.1, 0.15) is 5.82 Å². The van der Waals surface area contributed by atoms with E-state index >= 15 is 0 Å². The predicted molar refractivity (Wildman–Crippen MR) is 109 cm³/mol. The molecule has 126 valence electrons. The van der Waals surface area contributed by atoms with Gasteiger partial charge in [-0.2, -0.15) is 0 Å². The number of nitrogens with zero attached hydrogens (tertiary/aromatic N) is 2. The monoisotopic (exact) mass is 356 g/mol. The molecule has 4 heterocycles. The first-order valence-corrected chi connectivity index (χ1v) is 9.24. The molecule has 0 saturated heterocycles. The molecule has 1 aromatic carbocycles. The Labute approximate surface area is 154 Å². The topological polar surface area (TPSA) is 67.6 Å². The van der Waals surface area contributed by atoms with Gasteiger partial charge in [-0.15, -0.1) is 11.3 Å². The number of nitrogen functional groups attached to an aromatic ring is 1. The first-order chi connectivity index (χ1) is 12.7. The molecule has 0 radical (unpaired) electrons. The molecular formula is C21H16N4S. The molecule has 5 aromatic rings. The van der Waals surface area contributed by atoms with Gasteiger partial charge in [-0.3, -0.25) is 4.98 Å². The third-order valence-electron chi connectivity index (χ3n) is 4.68. The van der Waals surface area contributed by atoms with Gasteiger partial charge in [0.25, 0.3) is 0 Å². The predicted octanol–water partition coefficient (Wildman–Crippen LogP) is 5.40. The number of aromatic amines is 1. The molecule has 0 fully saturated rings. The molecule has 0 aliphatic carbocycles. The summed E-state index contributed by atoms with van der Waals surface area (Å²) in [5, 5.41) is 4.40. The van der Waals surface area contributed by atoms with E-state index in [4.69, 9.17) is 5.73 Å². The number of fused-ring (bicyclic) bond motifs is 2. The number of H-pyrrole nitrogens is 1. The Morgan fingerprint density at radius 1 is 1.00 bits per heavy atom. The van der Waals surface area contributed by atoms with Crippen LogP contribution in [0.5, 0.6) is 0 Å². The number of hydrogen-bond acceptors (Lipinski definition) is 4. The molecular weight excluding hydrogens is 340 g/mol. The summed E-state index contributed by atoms with van der Waals surface area (Å²) in [5.41, 5.74) is 13.1. The van der Waals surface area contributed by atoms with Gasteiger partial charge in [0.2, 0.25) is 0 Å². The Hall–Kier alpha value is -3.18. The molecule has 4 nitrogen and oxygen atoms in total. The zero-order chi connectivity index (χ0) is 17.7. The Bertz CT molecular complexity index is 1250. The maximum Gasteiger partial charge on any atom is 0.132 e. The quantitative estimate of drug-likeness (QED) is 0.445. The van der Waals surface area contributed by atoms with Crippen LogP contribution in [-0.2, 0) is 0 Å². The molecule has 0 aliphatic heterocycles. The molecule has 0 aliphatic rings. The van der Waals surface area contributed by atoms with Crippen LogP contribution in [0.1, 0.15) is 5.69 Å². The Morgan fingerprint density at radius 3 is 2.69 bits per heavy atom. The van der Waals surface area contributed by atoms with Crippen molar-refractivity contribution >= 4 is 38.1 Å². The van der Waals surface area contributed by atoms with Crippen molar-refractivity contribution in [2.45, 2.75) is 6.92 Å². The number of pyridine rings is 2. The van der Waals surface area contributed by atoms with Crippen LogP contribution in [-0.4, -0.2) is 15.0 Å². The molecule has 0 amide bonds. The molecule has 5 heteroatoms. The summed E-state index contributed by atoms with van der Waals surface area (Å²) in [6.45, 7) is 2.07. The summed E-state index contributed by atoms with van der Waals surface area (Å²) >= 11 is 1.71. The van der Waals surface area contributed by atoms with E-state index in [2.05, 4.69) is 51.5 Å². The highest BCUT2D eigenvalue weighted by Gasteiger charge is 2.15. The number of nitrogens with one attached hydrogen (secondary N) is 1. The van der Waals surface area contributed by atoms with E-state index in [0.29, 0.717) is 5.82 Å². The number of aromatic nitrogens is 3. The lowest BCUT2D eigenvalue weighted by atomic mass is 10.0. The summed E-state index contributed by atoms with van der Waals surface area (Å²) in [5.74, 6) is 0.569. The fourth-order valence-corrected chi connectivity index (χ4v) is 4.58. The molecule has 0 spiro atoms. The van der Waals surface area contributed by atoms with Crippen molar-refractivity contribution in [2.75, 3.05) is 5.73 Å². The van der Waals surface area contributed by atoms with Crippen molar-refractivity contribution in [1.82, 2.24) is 15.0 Å². The SMILES string of the molecule is Cc1cc2cc(-c3csc4c(-c5ccncc5)cnc(N)c34)ccc2[nH]1. The van der Waals surface area contributed by atoms with E-state index < -0.39 is 0 Å². The minimum Gasteiger partial charge on any atom is -0.383 e. The number of aryl methyl sites for hydroxylation is 1. The average Bonchev–Trinajstić information content (AvgIpc) is 3.25. The molecule has 0 atom stereocenters. The summed E-state index contributed by atoms with van der Waals surface area (Å²) in [6, 6.07) is 12.6. The third kappa shape index (κ3) is 2.29. The number of anilines is 1. The Morgan fingerprint density at radius 2 is 1.85 bits per heavy atom. The van der Waals surface area contributed by atoms with Crippen molar-refractivity contribution in [1.29, 1.82) is 0 Å². The second-order valence-electron chi connectivity index (χ2n) is 6.40. The van der Waals surface area contributed by atoms with E-state index in [9.17, 15) is 0 Å². The van der Waals surface area contributed by atoms with E-state index in [0.717, 1.165) is 43.6 Å². The van der Waals surface area contributed by atoms with Crippen molar-refractivity contribution in [2.24, 2.45) is 0 Å². The van der Waals surface area contributed by atoms with Crippen LogP contribution in [0.3, 0.4) is 0 Å². The van der Waals surface area contributed by atoms with Crippen LogP contribution in [0.4, 0.5) is 5.82 Å². The van der Waals surface area contributed by atoms with Crippen molar-refractivity contribution < 1.29 is 0 Å². The first-order valence-electron chi connectivity index (χ1n) is 8.36. The number of benzene rings is 1. The minimum absolute atomic E-state index is 0.569. The maximum absolute atomic E-state index is 6.28. The van der Waals surface area contributed by atoms with E-state index in [1.165, 1.54) is 5.39 Å². The van der Waals surface area contributed by atoms with Crippen LogP contribution in [0.15, 0.2) is 60.4 Å². The highest BCUT2D eigenvalue weighted by atomic mass is 32.1. The molecule has 3 N–H and O–H groups in total. The summed E-state index contributed by atoms with van der Waals surface area (Å²) in [7, 11) is 0. The zero-order valence-electron chi connectivity index (χ0n) is 14.2. The second-order valence-corrected chi connectivity index (χ2v) is 7.28. The fraction of sp³-hybridized carbons (Fsp3) is 0.0476. The average molecular weight is 356 g/mol. The number of nitrogens with two attached hydrogens (primary N) is 1. The normalized spacial score (nSPS) is 11.4. The van der Waals surface area contributed by atoms with Crippen molar-refractivity contribution in [3.8, 4) is 22.3 Å².